The number of aliphatic hydroxyl groups is 1. The molecular formula is C48H52Cl2FN4O10P. The number of ether oxygens (including phenoxy) is 2. The van der Waals surface area contributed by atoms with Crippen molar-refractivity contribution in [3.05, 3.63) is 153 Å². The number of halogens is 3. The van der Waals surface area contributed by atoms with Crippen molar-refractivity contribution in [3.8, 4) is 11.5 Å². The van der Waals surface area contributed by atoms with E-state index in [2.05, 4.69) is 39.4 Å². The summed E-state index contributed by atoms with van der Waals surface area (Å²) in [6.45, 7) is 1.88. The molecule has 14 nitrogen and oxygen atoms in total. The first-order valence-electron chi connectivity index (χ1n) is 21.5. The highest BCUT2D eigenvalue weighted by Gasteiger charge is 2.26. The number of benzene rings is 4. The van der Waals surface area contributed by atoms with Gasteiger partial charge in [0, 0.05) is 43.4 Å². The number of ketones is 1. The molecule has 2 aromatic heterocycles. The van der Waals surface area contributed by atoms with Gasteiger partial charge in [-0.15, -0.1) is 0 Å². The van der Waals surface area contributed by atoms with Crippen LogP contribution in [0.15, 0.2) is 110 Å². The molecule has 0 aliphatic carbocycles. The Morgan fingerprint density at radius 3 is 2.32 bits per heavy atom. The number of unbranched alkanes of at least 4 members (excludes halogenated alkanes) is 4. The third kappa shape index (κ3) is 15.2. The number of carbonyl (C=O) groups is 2. The van der Waals surface area contributed by atoms with Crippen LogP contribution in [0.2, 0.25) is 10.0 Å². The molecule has 18 heteroatoms. The summed E-state index contributed by atoms with van der Waals surface area (Å²) in [6, 6.07) is 25.6. The van der Waals surface area contributed by atoms with E-state index in [1.54, 1.807) is 39.5 Å². The number of anilines is 1. The van der Waals surface area contributed by atoms with E-state index in [0.29, 0.717) is 28.6 Å². The molecule has 0 bridgehead atoms. The summed E-state index contributed by atoms with van der Waals surface area (Å²) in [5.41, 5.74) is 3.53. The van der Waals surface area contributed by atoms with Gasteiger partial charge in [0.05, 0.1) is 22.9 Å². The van der Waals surface area contributed by atoms with Crippen molar-refractivity contribution in [1.29, 1.82) is 0 Å². The van der Waals surface area contributed by atoms with Gasteiger partial charge < -0.3 is 44.7 Å². The summed E-state index contributed by atoms with van der Waals surface area (Å²) in [5, 5.41) is 27.2. The number of fused-ring (bicyclic) bond motifs is 1. The third-order valence-corrected chi connectivity index (χ3v) is 11.7. The fourth-order valence-electron chi connectivity index (χ4n) is 7.30. The SMILES string of the molecule is O=C(Nc1c(Cl)c[n+](Cc2ccc(C(O)CNCCCCCCOCCCCc3ccccc3)cc2OCOP(=O)([O-])O)cc1Cl)C(=O)c1cn(Cc2ccc(F)cc2)c2ccc(O)cc12. The molecule has 2 atom stereocenters. The van der Waals surface area contributed by atoms with Crippen LogP contribution in [0, 0.1) is 5.82 Å². The van der Waals surface area contributed by atoms with E-state index in [0.717, 1.165) is 63.7 Å². The van der Waals surface area contributed by atoms with Gasteiger partial charge in [-0.1, -0.05) is 84.6 Å². The molecule has 0 aliphatic rings. The topological polar surface area (TPSA) is 196 Å². The number of phosphoric ester groups is 1. The molecular weight excluding hydrogens is 913 g/mol. The summed E-state index contributed by atoms with van der Waals surface area (Å²) < 4.78 is 43.9. The quantitative estimate of drug-likeness (QED) is 0.00882. The van der Waals surface area contributed by atoms with Crippen molar-refractivity contribution >= 4 is 59.3 Å². The zero-order valence-corrected chi connectivity index (χ0v) is 38.5. The highest BCUT2D eigenvalue weighted by atomic mass is 35.5. The summed E-state index contributed by atoms with van der Waals surface area (Å²) >= 11 is 13.2. The van der Waals surface area contributed by atoms with Crippen molar-refractivity contribution in [3.63, 3.8) is 0 Å². The van der Waals surface area contributed by atoms with Crippen LogP contribution in [-0.4, -0.2) is 64.5 Å². The standard InChI is InChI=1S/C48H52Cl2FN4O10P/c49-41-30-54(31-42(50)46(41)53-48(59)47(58)40-29-55(27-34-13-17-37(51)18-14-34)43-20-19-38(56)25-39(40)43)28-36-16-15-35(24-45(36)64-32-65-66(60,61)62)44(57)26-52-21-7-1-2-8-22-63-23-9-6-12-33-10-4-3-5-11-33/h3-5,10-11,13-20,24-25,29-31,44,52,57H,1-2,6-9,12,21-23,26-28,32H2,(H3,56,60,61,62). The lowest BCUT2D eigenvalue weighted by Gasteiger charge is -2.18. The molecule has 5 N–H and O–H groups in total. The number of aromatic nitrogens is 2. The number of phenolic OH excluding ortho intramolecular Hbond substituents is 1. The fourth-order valence-corrected chi connectivity index (χ4v) is 8.08. The van der Waals surface area contributed by atoms with Gasteiger partial charge in [-0.2, -0.15) is 4.57 Å². The number of phosphoric acid groups is 1. The molecule has 2 unspecified atom stereocenters. The van der Waals surface area contributed by atoms with Crippen LogP contribution in [-0.2, 0) is 38.1 Å². The smallest absolute Gasteiger partial charge is 0.296 e. The molecule has 0 aliphatic heterocycles. The molecule has 0 saturated carbocycles. The Labute approximate surface area is 392 Å². The maximum absolute atomic E-state index is 13.6. The lowest BCUT2D eigenvalue weighted by molar-refractivity contribution is -0.688. The van der Waals surface area contributed by atoms with Crippen LogP contribution >= 0.6 is 31.0 Å². The number of nitrogens with one attached hydrogen (secondary N) is 2. The summed E-state index contributed by atoms with van der Waals surface area (Å²) in [4.78, 5) is 47.5. The van der Waals surface area contributed by atoms with E-state index in [4.69, 9.17) is 37.6 Å². The Kier molecular flexibility index (Phi) is 18.7. The Morgan fingerprint density at radius 1 is 0.879 bits per heavy atom. The molecule has 6 rings (SSSR count). The Balaban J connectivity index is 1.02. The molecule has 1 amide bonds. The summed E-state index contributed by atoms with van der Waals surface area (Å²) in [7, 11) is -5.11. The van der Waals surface area contributed by atoms with Crippen LogP contribution in [0.1, 0.15) is 77.2 Å². The van der Waals surface area contributed by atoms with Crippen molar-refractivity contribution in [1.82, 2.24) is 9.88 Å². The van der Waals surface area contributed by atoms with E-state index >= 15 is 0 Å². The van der Waals surface area contributed by atoms with Crippen LogP contribution < -0.4 is 24.8 Å². The van der Waals surface area contributed by atoms with Crippen molar-refractivity contribution < 1.29 is 57.1 Å². The van der Waals surface area contributed by atoms with Crippen LogP contribution in [0.4, 0.5) is 10.1 Å². The highest BCUT2D eigenvalue weighted by molar-refractivity contribution is 7.44. The number of Topliss-reactive ketones (excluding diaryl/α,β-unsaturated/α-hetero) is 1. The second kappa shape index (κ2) is 24.5. The van der Waals surface area contributed by atoms with Gasteiger partial charge in [-0.05, 0) is 97.8 Å². The predicted molar refractivity (Wildman–Crippen MR) is 247 cm³/mol. The number of amides is 1. The first-order chi connectivity index (χ1) is 31.7. The average Bonchev–Trinajstić information content (AvgIpc) is 3.63. The summed E-state index contributed by atoms with van der Waals surface area (Å²) in [6.07, 6.45) is 10.6. The van der Waals surface area contributed by atoms with Crippen LogP contribution in [0.25, 0.3) is 10.9 Å². The monoisotopic (exact) mass is 964 g/mol. The minimum Gasteiger partial charge on any atom is -0.756 e. The number of phenols is 1. The number of aromatic hydroxyl groups is 1. The Hall–Kier alpha value is -5.19. The van der Waals surface area contributed by atoms with Gasteiger partial charge in [0.15, 0.2) is 25.7 Å². The molecule has 2 heterocycles. The fraction of sp³-hybridized carbons (Fsp3) is 0.312. The van der Waals surface area contributed by atoms with E-state index in [1.807, 2.05) is 6.07 Å². The normalized spacial score (nSPS) is 12.8. The van der Waals surface area contributed by atoms with Crippen LogP contribution in [0.5, 0.6) is 11.5 Å². The third-order valence-electron chi connectivity index (χ3n) is 10.7. The highest BCUT2D eigenvalue weighted by Crippen LogP contribution is 2.33. The molecule has 0 radical (unpaired) electrons. The van der Waals surface area contributed by atoms with Gasteiger partial charge in [0.1, 0.15) is 27.4 Å². The van der Waals surface area contributed by atoms with E-state index in [1.165, 1.54) is 54.5 Å². The van der Waals surface area contributed by atoms with Crippen molar-refractivity contribution in [2.24, 2.45) is 0 Å². The number of pyridine rings is 1. The predicted octanol–water partition coefficient (Wildman–Crippen LogP) is 8.03. The molecule has 0 spiro atoms. The van der Waals surface area contributed by atoms with Gasteiger partial charge in [-0.25, -0.2) is 4.39 Å². The van der Waals surface area contributed by atoms with Gasteiger partial charge in [-0.3, -0.25) is 18.7 Å². The number of aliphatic hydroxyl groups excluding tert-OH is 1. The number of hydrogen-bond donors (Lipinski definition) is 5. The van der Waals surface area contributed by atoms with Crippen LogP contribution in [0.3, 0.4) is 0 Å². The maximum atomic E-state index is 13.6. The van der Waals surface area contributed by atoms with Gasteiger partial charge >= 0.3 is 0 Å². The Bertz CT molecular complexity index is 2590. The molecule has 6 aromatic rings. The van der Waals surface area contributed by atoms with Gasteiger partial charge in [0.2, 0.25) is 0 Å². The molecule has 0 fully saturated rings. The van der Waals surface area contributed by atoms with E-state index in [-0.39, 0.29) is 52.4 Å². The van der Waals surface area contributed by atoms with E-state index < -0.39 is 38.2 Å². The zero-order valence-electron chi connectivity index (χ0n) is 36.0. The number of carbonyl (C=O) groups excluding carboxylic acids is 2. The minimum absolute atomic E-state index is 0.00238. The molecule has 66 heavy (non-hydrogen) atoms. The number of hydrogen-bond acceptors (Lipinski definition) is 10. The van der Waals surface area contributed by atoms with Gasteiger partial charge in [0.25, 0.3) is 19.5 Å². The average molecular weight is 966 g/mol. The number of nitrogens with zero attached hydrogens (tertiary/aromatic N) is 2. The molecule has 0 saturated heterocycles. The van der Waals surface area contributed by atoms with E-state index in [9.17, 15) is 33.7 Å². The number of aryl methyl sites for hydroxylation is 1. The maximum Gasteiger partial charge on any atom is 0.296 e. The molecule has 4 aromatic carbocycles. The summed E-state index contributed by atoms with van der Waals surface area (Å²) in [5.74, 6) is -2.37. The zero-order chi connectivity index (χ0) is 47.1. The largest absolute Gasteiger partial charge is 0.756 e. The number of rotatable bonds is 26. The van der Waals surface area contributed by atoms with Crippen molar-refractivity contribution in [2.45, 2.75) is 64.1 Å². The van der Waals surface area contributed by atoms with Crippen molar-refractivity contribution in [2.75, 3.05) is 38.4 Å². The lowest BCUT2D eigenvalue weighted by Crippen LogP contribution is -2.34. The Morgan fingerprint density at radius 2 is 1.59 bits per heavy atom. The first-order valence-corrected chi connectivity index (χ1v) is 23.7. The second-order valence-electron chi connectivity index (χ2n) is 15.7. The molecule has 350 valence electrons. The lowest BCUT2D eigenvalue weighted by atomic mass is 10.1. The minimum atomic E-state index is -5.11. The second-order valence-corrected chi connectivity index (χ2v) is 17.7. The first kappa shape index (κ1) is 50.2.